The van der Waals surface area contributed by atoms with Gasteiger partial charge in [-0.1, -0.05) is 239 Å². The molecule has 0 aromatic heterocycles. The first-order valence-corrected chi connectivity index (χ1v) is 25.0. The maximum Gasteiger partial charge on any atom is 0.255 e. The normalized spacial score (nSPS) is 11.3. The van der Waals surface area contributed by atoms with Crippen molar-refractivity contribution < 1.29 is 14.3 Å². The minimum Gasteiger partial charge on any atom is -0.493 e. The van der Waals surface area contributed by atoms with Crippen molar-refractivity contribution in [3.05, 3.63) is 29.3 Å². The Balaban J connectivity index is 2.43. The number of ether oxygens (including phenoxy) is 1. The van der Waals surface area contributed by atoms with Gasteiger partial charge in [0.25, 0.3) is 11.8 Å². The lowest BCUT2D eigenvalue weighted by Gasteiger charge is -2.14. The molecule has 0 aliphatic rings. The van der Waals surface area contributed by atoms with Gasteiger partial charge in [-0.2, -0.15) is 0 Å². The van der Waals surface area contributed by atoms with Crippen LogP contribution in [0.2, 0.25) is 0 Å². The molecule has 0 bridgehead atoms. The van der Waals surface area contributed by atoms with E-state index in [0.29, 0.717) is 36.6 Å². The molecule has 5 nitrogen and oxygen atoms in total. The van der Waals surface area contributed by atoms with Crippen LogP contribution in [0.1, 0.15) is 279 Å². The van der Waals surface area contributed by atoms with Crippen LogP contribution in [0.3, 0.4) is 0 Å². The highest BCUT2D eigenvalue weighted by molar-refractivity contribution is 6.00. The lowest BCUT2D eigenvalue weighted by Crippen LogP contribution is -2.26. The maximum absolute atomic E-state index is 13.3. The summed E-state index contributed by atoms with van der Waals surface area (Å²) in [5, 5.41) is 6.25. The third kappa shape index (κ3) is 32.0. The van der Waals surface area contributed by atoms with E-state index in [4.69, 9.17) is 4.74 Å². The summed E-state index contributed by atoms with van der Waals surface area (Å²) in [5.74, 6) is 0.354. The summed E-state index contributed by atoms with van der Waals surface area (Å²) < 4.78 is 6.25. The fourth-order valence-corrected chi connectivity index (χ4v) is 7.81. The summed E-state index contributed by atoms with van der Waals surface area (Å²) in [6.07, 6.45) is 48.3. The molecule has 0 radical (unpaired) electrons. The van der Waals surface area contributed by atoms with E-state index in [2.05, 4.69) is 31.4 Å². The van der Waals surface area contributed by atoms with Gasteiger partial charge in [-0.25, -0.2) is 0 Å². The van der Waals surface area contributed by atoms with Gasteiger partial charge in [-0.3, -0.25) is 9.59 Å². The molecule has 326 valence electrons. The van der Waals surface area contributed by atoms with Crippen molar-refractivity contribution >= 4 is 11.8 Å². The van der Waals surface area contributed by atoms with Gasteiger partial charge >= 0.3 is 0 Å². The van der Waals surface area contributed by atoms with Gasteiger partial charge in [0.05, 0.1) is 12.2 Å². The molecule has 0 aliphatic heterocycles. The van der Waals surface area contributed by atoms with Crippen LogP contribution in [0.5, 0.6) is 5.75 Å². The van der Waals surface area contributed by atoms with Crippen LogP contribution < -0.4 is 15.4 Å². The Labute approximate surface area is 348 Å². The van der Waals surface area contributed by atoms with Crippen molar-refractivity contribution in [2.45, 2.75) is 258 Å². The first-order chi connectivity index (χ1) is 27.6. The number of benzene rings is 1. The monoisotopic (exact) mass is 783 g/mol. The van der Waals surface area contributed by atoms with Crippen LogP contribution >= 0.6 is 0 Å². The molecule has 5 heteroatoms. The van der Waals surface area contributed by atoms with E-state index in [-0.39, 0.29) is 11.8 Å². The van der Waals surface area contributed by atoms with E-state index >= 15 is 0 Å². The minimum atomic E-state index is -0.100. The summed E-state index contributed by atoms with van der Waals surface area (Å²) in [5.41, 5.74) is 1.11. The average Bonchev–Trinajstić information content (AvgIpc) is 3.21. The molecule has 56 heavy (non-hydrogen) atoms. The average molecular weight is 783 g/mol. The molecule has 2 amide bonds. The Morgan fingerprint density at radius 1 is 0.393 bits per heavy atom. The molecule has 1 aromatic rings. The minimum absolute atomic E-state index is 0.0816. The van der Waals surface area contributed by atoms with Crippen molar-refractivity contribution in [3.63, 3.8) is 0 Å². The maximum atomic E-state index is 13.3. The molecule has 0 heterocycles. The van der Waals surface area contributed by atoms with Crippen LogP contribution in [0, 0.1) is 0 Å². The van der Waals surface area contributed by atoms with Gasteiger partial charge < -0.3 is 15.4 Å². The Hall–Kier alpha value is -2.04. The van der Waals surface area contributed by atoms with Crippen molar-refractivity contribution in [2.75, 3.05) is 19.7 Å². The zero-order valence-corrected chi connectivity index (χ0v) is 37.7. The van der Waals surface area contributed by atoms with Gasteiger partial charge in [0.2, 0.25) is 0 Å². The smallest absolute Gasteiger partial charge is 0.255 e. The Kier molecular flexibility index (Phi) is 38.2. The van der Waals surface area contributed by atoms with E-state index in [1.54, 1.807) is 18.2 Å². The molecule has 1 rings (SSSR count). The number of unbranched alkanes of at least 4 members (excludes halogenated alkanes) is 34. The predicted molar refractivity (Wildman–Crippen MR) is 244 cm³/mol. The van der Waals surface area contributed by atoms with E-state index in [1.165, 1.54) is 199 Å². The number of carbonyl (C=O) groups excluding carboxylic acids is 2. The van der Waals surface area contributed by atoms with Crippen LogP contribution in [0.4, 0.5) is 0 Å². The molecule has 2 N–H and O–H groups in total. The Morgan fingerprint density at radius 3 is 1.05 bits per heavy atom. The number of hydrogen-bond donors (Lipinski definition) is 2. The van der Waals surface area contributed by atoms with Gasteiger partial charge in [0.1, 0.15) is 5.75 Å². The van der Waals surface area contributed by atoms with Gasteiger partial charge in [-0.05, 0) is 37.5 Å². The largest absolute Gasteiger partial charge is 0.493 e. The standard InChI is InChI=1S/C51H94N2O3/c1-4-7-10-13-16-19-22-23-24-25-28-31-34-37-40-45-56-49-46-47(50(54)52-43-38-35-32-29-26-20-17-14-11-8-5-2)41-42-48(49)51(55)53-44-39-36-33-30-27-21-18-15-12-9-6-3/h41-42,46H,4-40,43-45H2,1-3H3,(H,52,54)(H,53,55). The molecule has 0 saturated heterocycles. The first-order valence-electron chi connectivity index (χ1n) is 25.0. The van der Waals surface area contributed by atoms with Crippen LogP contribution in [0.25, 0.3) is 0 Å². The van der Waals surface area contributed by atoms with E-state index in [9.17, 15) is 9.59 Å². The second-order valence-corrected chi connectivity index (χ2v) is 17.1. The van der Waals surface area contributed by atoms with E-state index in [1.807, 2.05) is 0 Å². The summed E-state index contributed by atoms with van der Waals surface area (Å²) >= 11 is 0. The highest BCUT2D eigenvalue weighted by atomic mass is 16.5. The predicted octanol–water partition coefficient (Wildman–Crippen LogP) is 16.0. The molecule has 0 atom stereocenters. The van der Waals surface area contributed by atoms with Crippen molar-refractivity contribution in [2.24, 2.45) is 0 Å². The molecule has 0 unspecified atom stereocenters. The van der Waals surface area contributed by atoms with Crippen LogP contribution in [-0.2, 0) is 0 Å². The quantitative estimate of drug-likeness (QED) is 0.0648. The van der Waals surface area contributed by atoms with Crippen LogP contribution in [0.15, 0.2) is 18.2 Å². The Morgan fingerprint density at radius 2 is 0.696 bits per heavy atom. The fraction of sp³-hybridized carbons (Fsp3) is 0.843. The zero-order chi connectivity index (χ0) is 40.4. The summed E-state index contributed by atoms with van der Waals surface area (Å²) in [4.78, 5) is 26.4. The van der Waals surface area contributed by atoms with E-state index < -0.39 is 0 Å². The molecule has 0 fully saturated rings. The topological polar surface area (TPSA) is 67.4 Å². The molecule has 1 aromatic carbocycles. The second kappa shape index (κ2) is 41.1. The highest BCUT2D eigenvalue weighted by Gasteiger charge is 2.16. The van der Waals surface area contributed by atoms with Crippen molar-refractivity contribution in [1.82, 2.24) is 10.6 Å². The molecule has 0 aliphatic carbocycles. The number of hydrogen-bond acceptors (Lipinski definition) is 3. The number of rotatable bonds is 43. The van der Waals surface area contributed by atoms with Crippen molar-refractivity contribution in [3.8, 4) is 5.75 Å². The lowest BCUT2D eigenvalue weighted by molar-refractivity contribution is 0.0937. The third-order valence-corrected chi connectivity index (χ3v) is 11.6. The van der Waals surface area contributed by atoms with Crippen LogP contribution in [-0.4, -0.2) is 31.5 Å². The third-order valence-electron chi connectivity index (χ3n) is 11.6. The number of nitrogens with one attached hydrogen (secondary N) is 2. The molecule has 0 saturated carbocycles. The van der Waals surface area contributed by atoms with Gasteiger partial charge in [0.15, 0.2) is 0 Å². The Bertz CT molecular complexity index is 1010. The zero-order valence-electron chi connectivity index (χ0n) is 37.7. The number of carbonyl (C=O) groups is 2. The first kappa shape index (κ1) is 52.0. The van der Waals surface area contributed by atoms with E-state index in [0.717, 1.165) is 38.5 Å². The van der Waals surface area contributed by atoms with Crippen molar-refractivity contribution in [1.29, 1.82) is 0 Å². The molecular formula is C51H94N2O3. The van der Waals surface area contributed by atoms with Gasteiger partial charge in [0, 0.05) is 18.7 Å². The summed E-state index contributed by atoms with van der Waals surface area (Å²) in [6, 6.07) is 5.36. The fourth-order valence-electron chi connectivity index (χ4n) is 7.81. The summed E-state index contributed by atoms with van der Waals surface area (Å²) in [7, 11) is 0. The summed E-state index contributed by atoms with van der Waals surface area (Å²) in [6.45, 7) is 8.76. The number of amides is 2. The SMILES string of the molecule is CCCCCCCCCCCCCCCCCOc1cc(C(=O)NCCCCCCCCCCCCC)ccc1C(=O)NCCCCCCCCCCCCC. The second-order valence-electron chi connectivity index (χ2n) is 17.1. The molecule has 0 spiro atoms. The highest BCUT2D eigenvalue weighted by Crippen LogP contribution is 2.22. The molecular weight excluding hydrogens is 689 g/mol. The van der Waals surface area contributed by atoms with Gasteiger partial charge in [-0.15, -0.1) is 0 Å². The lowest BCUT2D eigenvalue weighted by atomic mass is 10.0.